The van der Waals surface area contributed by atoms with E-state index in [9.17, 15) is 0 Å². The molecule has 0 aliphatic carbocycles. The van der Waals surface area contributed by atoms with Gasteiger partial charge in [-0.25, -0.2) is 15.0 Å². The lowest BCUT2D eigenvalue weighted by Gasteiger charge is -2.17. The van der Waals surface area contributed by atoms with Crippen molar-refractivity contribution >= 4 is 16.9 Å². The van der Waals surface area contributed by atoms with Gasteiger partial charge >= 0.3 is 0 Å². The SMILES string of the molecule is Cc1nc2ccccc2nc1NC(C)c1cccc(-n2ccnc2)c1. The van der Waals surface area contributed by atoms with Crippen LogP contribution in [0.2, 0.25) is 0 Å². The average Bonchev–Trinajstić information content (AvgIpc) is 3.17. The van der Waals surface area contributed by atoms with Gasteiger partial charge in [-0.3, -0.25) is 0 Å². The molecule has 25 heavy (non-hydrogen) atoms. The second kappa shape index (κ2) is 6.36. The molecule has 2 aromatic heterocycles. The molecule has 1 unspecified atom stereocenters. The molecule has 2 aromatic carbocycles. The van der Waals surface area contributed by atoms with Crippen LogP contribution in [0.3, 0.4) is 0 Å². The smallest absolute Gasteiger partial charge is 0.148 e. The van der Waals surface area contributed by atoms with E-state index in [1.807, 2.05) is 42.0 Å². The molecule has 5 heteroatoms. The fraction of sp³-hybridized carbons (Fsp3) is 0.150. The number of benzene rings is 2. The Balaban J connectivity index is 1.63. The van der Waals surface area contributed by atoms with Crippen LogP contribution in [0, 0.1) is 6.92 Å². The second-order valence-corrected chi connectivity index (χ2v) is 6.08. The van der Waals surface area contributed by atoms with E-state index < -0.39 is 0 Å². The Kier molecular flexibility index (Phi) is 3.90. The zero-order valence-corrected chi connectivity index (χ0v) is 14.2. The van der Waals surface area contributed by atoms with Crippen LogP contribution in [-0.4, -0.2) is 19.5 Å². The first-order valence-corrected chi connectivity index (χ1v) is 8.29. The van der Waals surface area contributed by atoms with Crippen molar-refractivity contribution in [3.63, 3.8) is 0 Å². The van der Waals surface area contributed by atoms with Gasteiger partial charge < -0.3 is 9.88 Å². The first-order valence-electron chi connectivity index (χ1n) is 8.29. The van der Waals surface area contributed by atoms with Gasteiger partial charge in [-0.15, -0.1) is 0 Å². The molecule has 0 saturated carbocycles. The molecule has 124 valence electrons. The Morgan fingerprint density at radius 3 is 2.56 bits per heavy atom. The summed E-state index contributed by atoms with van der Waals surface area (Å²) in [5.74, 6) is 0.819. The number of hydrogen-bond donors (Lipinski definition) is 1. The van der Waals surface area contributed by atoms with Crippen LogP contribution >= 0.6 is 0 Å². The molecular weight excluding hydrogens is 310 g/mol. The summed E-state index contributed by atoms with van der Waals surface area (Å²) in [4.78, 5) is 13.5. The van der Waals surface area contributed by atoms with Crippen molar-refractivity contribution in [2.24, 2.45) is 0 Å². The first kappa shape index (κ1) is 15.3. The van der Waals surface area contributed by atoms with Gasteiger partial charge in [0.15, 0.2) is 0 Å². The molecular formula is C20H19N5. The van der Waals surface area contributed by atoms with Crippen LogP contribution in [0.4, 0.5) is 5.82 Å². The fourth-order valence-corrected chi connectivity index (χ4v) is 2.88. The maximum Gasteiger partial charge on any atom is 0.148 e. The molecule has 4 aromatic rings. The topological polar surface area (TPSA) is 55.6 Å². The number of hydrogen-bond acceptors (Lipinski definition) is 4. The summed E-state index contributed by atoms with van der Waals surface area (Å²) in [5.41, 5.74) is 4.98. The Hall–Kier alpha value is -3.21. The molecule has 0 saturated heterocycles. The number of anilines is 1. The molecule has 2 heterocycles. The van der Waals surface area contributed by atoms with Gasteiger partial charge in [-0.2, -0.15) is 0 Å². The average molecular weight is 329 g/mol. The van der Waals surface area contributed by atoms with E-state index in [1.165, 1.54) is 5.56 Å². The predicted octanol–water partition coefficient (Wildman–Crippen LogP) is 4.30. The van der Waals surface area contributed by atoms with Gasteiger partial charge in [0.25, 0.3) is 0 Å². The Morgan fingerprint density at radius 1 is 1.00 bits per heavy atom. The minimum Gasteiger partial charge on any atom is -0.362 e. The molecule has 0 radical (unpaired) electrons. The highest BCUT2D eigenvalue weighted by atomic mass is 15.0. The van der Waals surface area contributed by atoms with E-state index in [0.717, 1.165) is 28.2 Å². The van der Waals surface area contributed by atoms with Crippen molar-refractivity contribution in [2.45, 2.75) is 19.9 Å². The molecule has 1 atom stereocenters. The third kappa shape index (κ3) is 3.08. The van der Waals surface area contributed by atoms with Gasteiger partial charge in [-0.05, 0) is 43.7 Å². The quantitative estimate of drug-likeness (QED) is 0.606. The summed E-state index contributed by atoms with van der Waals surface area (Å²) >= 11 is 0. The van der Waals surface area contributed by atoms with E-state index in [4.69, 9.17) is 4.98 Å². The normalized spacial score (nSPS) is 12.2. The summed E-state index contributed by atoms with van der Waals surface area (Å²) in [7, 11) is 0. The third-order valence-corrected chi connectivity index (χ3v) is 4.27. The maximum atomic E-state index is 4.72. The van der Waals surface area contributed by atoms with E-state index in [1.54, 1.807) is 12.5 Å². The molecule has 4 rings (SSSR count). The fourth-order valence-electron chi connectivity index (χ4n) is 2.88. The largest absolute Gasteiger partial charge is 0.362 e. The zero-order chi connectivity index (χ0) is 17.2. The van der Waals surface area contributed by atoms with Crippen molar-refractivity contribution in [2.75, 3.05) is 5.32 Å². The summed E-state index contributed by atoms with van der Waals surface area (Å²) in [6, 6.07) is 16.4. The van der Waals surface area contributed by atoms with Crippen LogP contribution in [0.15, 0.2) is 67.3 Å². The van der Waals surface area contributed by atoms with Gasteiger partial charge in [-0.1, -0.05) is 24.3 Å². The summed E-state index contributed by atoms with van der Waals surface area (Å²) in [5, 5.41) is 3.49. The van der Waals surface area contributed by atoms with Gasteiger partial charge in [0.2, 0.25) is 0 Å². The number of para-hydroxylation sites is 2. The molecule has 0 fully saturated rings. The molecule has 0 bridgehead atoms. The van der Waals surface area contributed by atoms with Gasteiger partial charge in [0.1, 0.15) is 5.82 Å². The summed E-state index contributed by atoms with van der Waals surface area (Å²) < 4.78 is 2.00. The Morgan fingerprint density at radius 2 is 1.80 bits per heavy atom. The Bertz CT molecular complexity index is 1010. The number of nitrogens with zero attached hydrogens (tertiary/aromatic N) is 4. The maximum absolute atomic E-state index is 4.72. The summed E-state index contributed by atoms with van der Waals surface area (Å²) in [6.07, 6.45) is 5.52. The number of imidazole rings is 1. The molecule has 0 amide bonds. The van der Waals surface area contributed by atoms with E-state index >= 15 is 0 Å². The summed E-state index contributed by atoms with van der Waals surface area (Å²) in [6.45, 7) is 4.11. The van der Waals surface area contributed by atoms with Gasteiger partial charge in [0, 0.05) is 18.1 Å². The minimum atomic E-state index is 0.109. The molecule has 0 aliphatic rings. The highest BCUT2D eigenvalue weighted by Gasteiger charge is 2.11. The predicted molar refractivity (Wildman–Crippen MR) is 99.9 cm³/mol. The minimum absolute atomic E-state index is 0.109. The molecule has 1 N–H and O–H groups in total. The number of nitrogens with one attached hydrogen (secondary N) is 1. The lowest BCUT2D eigenvalue weighted by Crippen LogP contribution is -2.10. The molecule has 0 spiro atoms. The van der Waals surface area contributed by atoms with E-state index in [2.05, 4.69) is 46.5 Å². The first-order chi connectivity index (χ1) is 12.2. The number of fused-ring (bicyclic) bond motifs is 1. The van der Waals surface area contributed by atoms with Crippen molar-refractivity contribution in [3.05, 3.63) is 78.5 Å². The monoisotopic (exact) mass is 329 g/mol. The second-order valence-electron chi connectivity index (χ2n) is 6.08. The highest BCUT2D eigenvalue weighted by molar-refractivity contribution is 5.76. The van der Waals surface area contributed by atoms with E-state index in [0.29, 0.717) is 0 Å². The van der Waals surface area contributed by atoms with Crippen LogP contribution < -0.4 is 5.32 Å². The van der Waals surface area contributed by atoms with Crippen molar-refractivity contribution in [1.29, 1.82) is 0 Å². The molecule has 0 aliphatic heterocycles. The zero-order valence-electron chi connectivity index (χ0n) is 14.2. The lowest BCUT2D eigenvalue weighted by atomic mass is 10.1. The van der Waals surface area contributed by atoms with Crippen molar-refractivity contribution < 1.29 is 0 Å². The number of aromatic nitrogens is 4. The van der Waals surface area contributed by atoms with Crippen LogP contribution in [0.1, 0.15) is 24.2 Å². The van der Waals surface area contributed by atoms with Crippen LogP contribution in [0.5, 0.6) is 0 Å². The van der Waals surface area contributed by atoms with Crippen LogP contribution in [0.25, 0.3) is 16.7 Å². The molecule has 5 nitrogen and oxygen atoms in total. The number of rotatable bonds is 4. The number of aryl methyl sites for hydroxylation is 1. The van der Waals surface area contributed by atoms with Crippen molar-refractivity contribution in [3.8, 4) is 5.69 Å². The third-order valence-electron chi connectivity index (χ3n) is 4.27. The van der Waals surface area contributed by atoms with Crippen LogP contribution in [-0.2, 0) is 0 Å². The van der Waals surface area contributed by atoms with E-state index in [-0.39, 0.29) is 6.04 Å². The van der Waals surface area contributed by atoms with Gasteiger partial charge in [0.05, 0.1) is 29.1 Å². The van der Waals surface area contributed by atoms with Crippen molar-refractivity contribution in [1.82, 2.24) is 19.5 Å². The Labute approximate surface area is 146 Å². The highest BCUT2D eigenvalue weighted by Crippen LogP contribution is 2.23. The lowest BCUT2D eigenvalue weighted by molar-refractivity contribution is 0.866. The standard InChI is InChI=1S/C20H19N5/c1-14(16-6-5-7-17(12-16)25-11-10-21-13-25)23-20-15(2)22-18-8-3-4-9-19(18)24-20/h3-14H,1-2H3,(H,23,24).